The van der Waals surface area contributed by atoms with Crippen molar-refractivity contribution >= 4 is 11.8 Å². The fourth-order valence-corrected chi connectivity index (χ4v) is 1.80. The Morgan fingerprint density at radius 3 is 2.65 bits per heavy atom. The van der Waals surface area contributed by atoms with Gasteiger partial charge in [0.05, 0.1) is 25.8 Å². The molecule has 6 nitrogen and oxygen atoms in total. The molecule has 0 aromatic carbocycles. The molecule has 2 amide bonds. The molecule has 1 aliphatic rings. The third kappa shape index (κ3) is 4.70. The van der Waals surface area contributed by atoms with Gasteiger partial charge in [0.2, 0.25) is 11.8 Å². The fraction of sp³-hybridized carbons (Fsp3) is 0.818. The first-order chi connectivity index (χ1) is 8.17. The number of nitrogens with one attached hydrogen (secondary N) is 1. The van der Waals surface area contributed by atoms with Crippen LogP contribution in [0.4, 0.5) is 0 Å². The van der Waals surface area contributed by atoms with E-state index < -0.39 is 6.04 Å². The zero-order valence-corrected chi connectivity index (χ0v) is 9.89. The predicted octanol–water partition coefficient (Wildman–Crippen LogP) is -1.14. The Hall–Kier alpha value is -1.14. The normalized spacial score (nSPS) is 17.1. The molecule has 0 aromatic rings. The number of aliphatic hydroxyl groups is 2. The van der Waals surface area contributed by atoms with Crippen LogP contribution < -0.4 is 5.32 Å². The van der Waals surface area contributed by atoms with Crippen molar-refractivity contribution in [3.8, 4) is 0 Å². The van der Waals surface area contributed by atoms with E-state index in [2.05, 4.69) is 5.32 Å². The molecule has 0 saturated carbocycles. The second-order valence-corrected chi connectivity index (χ2v) is 4.26. The Labute approximate surface area is 101 Å². The Balaban J connectivity index is 2.40. The van der Waals surface area contributed by atoms with E-state index in [9.17, 15) is 9.59 Å². The summed E-state index contributed by atoms with van der Waals surface area (Å²) < 4.78 is 0. The summed E-state index contributed by atoms with van der Waals surface area (Å²) in [6, 6.07) is -0.649. The number of likely N-dealkylation sites (tertiary alicyclic amines) is 1. The molecule has 1 saturated heterocycles. The molecular weight excluding hydrogens is 224 g/mol. The fourth-order valence-electron chi connectivity index (χ4n) is 1.80. The molecule has 6 heteroatoms. The molecule has 1 fully saturated rings. The van der Waals surface area contributed by atoms with Crippen LogP contribution in [0.15, 0.2) is 0 Å². The minimum absolute atomic E-state index is 0.00203. The van der Waals surface area contributed by atoms with Crippen LogP contribution in [0.3, 0.4) is 0 Å². The lowest BCUT2D eigenvalue weighted by molar-refractivity contribution is -0.136. The highest BCUT2D eigenvalue weighted by atomic mass is 16.3. The third-order valence-electron chi connectivity index (χ3n) is 2.81. The Kier molecular flexibility index (Phi) is 5.93. The van der Waals surface area contributed by atoms with Crippen LogP contribution in [0.5, 0.6) is 0 Å². The molecule has 1 rings (SSSR count). The van der Waals surface area contributed by atoms with Crippen LogP contribution >= 0.6 is 0 Å². The first-order valence-corrected chi connectivity index (χ1v) is 5.96. The van der Waals surface area contributed by atoms with Gasteiger partial charge in [-0.1, -0.05) is 6.42 Å². The number of hydrogen-bond donors (Lipinski definition) is 3. The average molecular weight is 244 g/mol. The van der Waals surface area contributed by atoms with Gasteiger partial charge in [-0.25, -0.2) is 0 Å². The van der Waals surface area contributed by atoms with Gasteiger partial charge in [-0.2, -0.15) is 0 Å². The quantitative estimate of drug-likeness (QED) is 0.570. The second-order valence-electron chi connectivity index (χ2n) is 4.26. The number of amides is 2. The van der Waals surface area contributed by atoms with Crippen LogP contribution in [0, 0.1) is 0 Å². The largest absolute Gasteiger partial charge is 0.394 e. The topological polar surface area (TPSA) is 89.9 Å². The van der Waals surface area contributed by atoms with Gasteiger partial charge >= 0.3 is 0 Å². The zero-order chi connectivity index (χ0) is 12.7. The highest BCUT2D eigenvalue weighted by Gasteiger charge is 2.20. The summed E-state index contributed by atoms with van der Waals surface area (Å²) in [4.78, 5) is 24.7. The van der Waals surface area contributed by atoms with Crippen LogP contribution in [-0.2, 0) is 9.59 Å². The van der Waals surface area contributed by atoms with E-state index >= 15 is 0 Å². The van der Waals surface area contributed by atoms with Crippen LogP contribution in [0.1, 0.15) is 25.7 Å². The van der Waals surface area contributed by atoms with Crippen LogP contribution in [0.2, 0.25) is 0 Å². The molecule has 98 valence electrons. The molecule has 1 heterocycles. The van der Waals surface area contributed by atoms with E-state index in [4.69, 9.17) is 10.2 Å². The molecular formula is C11H20N2O4. The first kappa shape index (κ1) is 13.9. The molecule has 0 aromatic heterocycles. The van der Waals surface area contributed by atoms with Crippen molar-refractivity contribution in [2.24, 2.45) is 0 Å². The van der Waals surface area contributed by atoms with Gasteiger partial charge in [-0.15, -0.1) is 0 Å². The van der Waals surface area contributed by atoms with Crippen molar-refractivity contribution in [2.45, 2.75) is 31.7 Å². The summed E-state index contributed by atoms with van der Waals surface area (Å²) >= 11 is 0. The van der Waals surface area contributed by atoms with E-state index in [-0.39, 0.29) is 31.6 Å². The molecule has 0 bridgehead atoms. The Morgan fingerprint density at radius 2 is 2.00 bits per heavy atom. The van der Waals surface area contributed by atoms with Crippen LogP contribution in [-0.4, -0.2) is 59.3 Å². The smallest absolute Gasteiger partial charge is 0.240 e. The minimum Gasteiger partial charge on any atom is -0.394 e. The summed E-state index contributed by atoms with van der Waals surface area (Å²) in [5.74, 6) is -0.337. The Morgan fingerprint density at radius 1 is 1.29 bits per heavy atom. The van der Waals surface area contributed by atoms with Gasteiger partial charge < -0.3 is 20.4 Å². The highest BCUT2D eigenvalue weighted by Crippen LogP contribution is 2.10. The highest BCUT2D eigenvalue weighted by molar-refractivity contribution is 5.85. The number of hydrogen-bond acceptors (Lipinski definition) is 4. The summed E-state index contributed by atoms with van der Waals surface area (Å²) in [5, 5.41) is 20.1. The van der Waals surface area contributed by atoms with Crippen molar-refractivity contribution in [3.05, 3.63) is 0 Å². The van der Waals surface area contributed by atoms with Crippen molar-refractivity contribution in [3.63, 3.8) is 0 Å². The SMILES string of the molecule is O=C(CN1CCCCCC1=O)NC(CO)CO. The molecule has 17 heavy (non-hydrogen) atoms. The van der Waals surface area contributed by atoms with E-state index in [0.29, 0.717) is 13.0 Å². The van der Waals surface area contributed by atoms with Gasteiger partial charge in [-0.05, 0) is 12.8 Å². The maximum absolute atomic E-state index is 11.6. The third-order valence-corrected chi connectivity index (χ3v) is 2.81. The molecule has 3 N–H and O–H groups in total. The van der Waals surface area contributed by atoms with Crippen LogP contribution in [0.25, 0.3) is 0 Å². The summed E-state index contributed by atoms with van der Waals surface area (Å²) in [6.07, 6.45) is 3.31. The van der Waals surface area contributed by atoms with E-state index in [1.54, 1.807) is 0 Å². The molecule has 0 aliphatic carbocycles. The number of aliphatic hydroxyl groups excluding tert-OH is 2. The predicted molar refractivity (Wildman–Crippen MR) is 61.2 cm³/mol. The molecule has 1 aliphatic heterocycles. The number of carbonyl (C=O) groups excluding carboxylic acids is 2. The lowest BCUT2D eigenvalue weighted by Gasteiger charge is -2.21. The lowest BCUT2D eigenvalue weighted by atomic mass is 10.2. The van der Waals surface area contributed by atoms with Crippen molar-refractivity contribution in [2.75, 3.05) is 26.3 Å². The monoisotopic (exact) mass is 244 g/mol. The van der Waals surface area contributed by atoms with E-state index in [1.165, 1.54) is 4.90 Å². The standard InChI is InChI=1S/C11H20N2O4/c14-7-9(8-15)12-10(16)6-13-5-3-1-2-4-11(13)17/h9,14-15H,1-8H2,(H,12,16). The molecule has 0 radical (unpaired) electrons. The van der Waals surface area contributed by atoms with Gasteiger partial charge in [-0.3, -0.25) is 9.59 Å². The number of rotatable bonds is 5. The van der Waals surface area contributed by atoms with Gasteiger partial charge in [0.15, 0.2) is 0 Å². The Bertz CT molecular complexity index is 266. The summed E-state index contributed by atoms with van der Waals surface area (Å²) in [6.45, 7) is -0.00310. The number of nitrogens with zero attached hydrogens (tertiary/aromatic N) is 1. The van der Waals surface area contributed by atoms with E-state index in [1.807, 2.05) is 0 Å². The number of carbonyl (C=O) groups is 2. The maximum Gasteiger partial charge on any atom is 0.240 e. The van der Waals surface area contributed by atoms with Gasteiger partial charge in [0.25, 0.3) is 0 Å². The average Bonchev–Trinajstić information content (AvgIpc) is 2.52. The first-order valence-electron chi connectivity index (χ1n) is 5.96. The molecule has 0 atom stereocenters. The summed E-state index contributed by atoms with van der Waals surface area (Å²) in [7, 11) is 0. The minimum atomic E-state index is -0.649. The van der Waals surface area contributed by atoms with E-state index in [0.717, 1.165) is 19.3 Å². The van der Waals surface area contributed by atoms with Crippen molar-refractivity contribution in [1.82, 2.24) is 10.2 Å². The van der Waals surface area contributed by atoms with Crippen molar-refractivity contribution < 1.29 is 19.8 Å². The zero-order valence-electron chi connectivity index (χ0n) is 9.89. The molecule has 0 unspecified atom stereocenters. The summed E-state index contributed by atoms with van der Waals surface area (Å²) in [5.41, 5.74) is 0. The lowest BCUT2D eigenvalue weighted by Crippen LogP contribution is -2.46. The maximum atomic E-state index is 11.6. The van der Waals surface area contributed by atoms with Gasteiger partial charge in [0.1, 0.15) is 0 Å². The second kappa shape index (κ2) is 7.24. The molecule has 0 spiro atoms. The van der Waals surface area contributed by atoms with Gasteiger partial charge in [0, 0.05) is 13.0 Å². The van der Waals surface area contributed by atoms with Crippen molar-refractivity contribution in [1.29, 1.82) is 0 Å².